The van der Waals surface area contributed by atoms with Crippen LogP contribution in [-0.2, 0) is 17.6 Å². The van der Waals surface area contributed by atoms with Crippen LogP contribution < -0.4 is 10.6 Å². The third-order valence-corrected chi connectivity index (χ3v) is 6.44. The smallest absolute Gasteiger partial charge is 0.273 e. The van der Waals surface area contributed by atoms with Crippen LogP contribution in [0.15, 0.2) is 11.8 Å². The molecule has 0 atom stereocenters. The topological polar surface area (TPSA) is 69.8 Å². The molecule has 1 fully saturated rings. The van der Waals surface area contributed by atoms with Crippen molar-refractivity contribution in [3.05, 3.63) is 44.7 Å². The van der Waals surface area contributed by atoms with Crippen LogP contribution in [0, 0.1) is 25.2 Å². The second-order valence-corrected chi connectivity index (χ2v) is 8.12. The molecule has 2 aromatic rings. The Labute approximate surface area is 161 Å². The fourth-order valence-electron chi connectivity index (χ4n) is 3.71. The molecule has 0 unspecified atom stereocenters. The second kappa shape index (κ2) is 6.38. The molecule has 2 N–H and O–H groups in total. The molecule has 1 aliphatic carbocycles. The van der Waals surface area contributed by atoms with Gasteiger partial charge in [0.15, 0.2) is 5.11 Å². The van der Waals surface area contributed by atoms with Crippen molar-refractivity contribution < 1.29 is 4.79 Å². The van der Waals surface area contributed by atoms with Crippen LogP contribution in [0.4, 0.5) is 0 Å². The first-order valence-corrected chi connectivity index (χ1v) is 9.80. The number of hydrogen-bond acceptors (Lipinski definition) is 4. The lowest BCUT2D eigenvalue weighted by atomic mass is 9.96. The summed E-state index contributed by atoms with van der Waals surface area (Å²) in [5.74, 6) is -0.218. The molecular formula is C19H18N4OS2. The molecule has 0 aromatic carbocycles. The molecule has 3 heterocycles. The maximum absolute atomic E-state index is 11.9. The van der Waals surface area contributed by atoms with Crippen molar-refractivity contribution in [3.63, 3.8) is 0 Å². The molecule has 0 radical (unpaired) electrons. The van der Waals surface area contributed by atoms with Gasteiger partial charge in [-0.1, -0.05) is 0 Å². The lowest BCUT2D eigenvalue weighted by Gasteiger charge is -2.10. The minimum absolute atomic E-state index is 0.218. The summed E-state index contributed by atoms with van der Waals surface area (Å²) in [6.07, 6.45) is 6.21. The van der Waals surface area contributed by atoms with Gasteiger partial charge in [0.25, 0.3) is 5.91 Å². The molecule has 1 aliphatic heterocycles. The Kier molecular flexibility index (Phi) is 4.17. The number of aromatic nitrogens is 1. The normalized spacial score (nSPS) is 17.8. The van der Waals surface area contributed by atoms with Crippen molar-refractivity contribution in [2.45, 2.75) is 39.5 Å². The van der Waals surface area contributed by atoms with Crippen molar-refractivity contribution in [2.24, 2.45) is 0 Å². The molecule has 1 saturated heterocycles. The van der Waals surface area contributed by atoms with Crippen LogP contribution in [0.5, 0.6) is 0 Å². The summed E-state index contributed by atoms with van der Waals surface area (Å²) in [4.78, 5) is 13.3. The van der Waals surface area contributed by atoms with Gasteiger partial charge in [0.2, 0.25) is 0 Å². The van der Waals surface area contributed by atoms with Gasteiger partial charge >= 0.3 is 0 Å². The number of fused-ring (bicyclic) bond motifs is 1. The van der Waals surface area contributed by atoms with Gasteiger partial charge in [-0.25, -0.2) is 0 Å². The Hall–Kier alpha value is -2.43. The summed E-state index contributed by atoms with van der Waals surface area (Å²) in [6, 6.07) is 4.47. The van der Waals surface area contributed by atoms with Crippen molar-refractivity contribution in [3.8, 4) is 11.1 Å². The average molecular weight is 383 g/mol. The van der Waals surface area contributed by atoms with E-state index in [2.05, 4.69) is 21.3 Å². The predicted molar refractivity (Wildman–Crippen MR) is 106 cm³/mol. The summed E-state index contributed by atoms with van der Waals surface area (Å²) < 4.78 is 2.14. The van der Waals surface area contributed by atoms with Crippen molar-refractivity contribution >= 4 is 40.7 Å². The first-order valence-electron chi connectivity index (χ1n) is 8.57. The quantitative estimate of drug-likeness (QED) is 0.618. The zero-order valence-corrected chi connectivity index (χ0v) is 16.2. The molecule has 2 aliphatic rings. The Morgan fingerprint density at radius 1 is 1.31 bits per heavy atom. The summed E-state index contributed by atoms with van der Waals surface area (Å²) in [5, 5.41) is 16.5. The number of nitriles is 1. The van der Waals surface area contributed by atoms with Gasteiger partial charge in [-0.2, -0.15) is 5.26 Å². The van der Waals surface area contributed by atoms with Crippen LogP contribution >= 0.6 is 23.6 Å². The SMILES string of the molecule is Cc1cc(/C=C2\NC(=S)NC2=O)c(C)n1-c1sc2c(c1C#N)CCCC2. The van der Waals surface area contributed by atoms with Gasteiger partial charge in [-0.15, -0.1) is 11.3 Å². The van der Waals surface area contributed by atoms with E-state index in [1.165, 1.54) is 16.9 Å². The molecule has 26 heavy (non-hydrogen) atoms. The number of nitrogens with zero attached hydrogens (tertiary/aromatic N) is 2. The van der Waals surface area contributed by atoms with Crippen LogP contribution in [-0.4, -0.2) is 15.6 Å². The highest BCUT2D eigenvalue weighted by atomic mass is 32.1. The highest BCUT2D eigenvalue weighted by Gasteiger charge is 2.25. The van der Waals surface area contributed by atoms with Gasteiger partial charge in [-0.05, 0) is 75.0 Å². The Balaban J connectivity index is 1.83. The Morgan fingerprint density at radius 3 is 2.77 bits per heavy atom. The molecule has 5 nitrogen and oxygen atoms in total. The molecule has 0 spiro atoms. The maximum atomic E-state index is 11.9. The van der Waals surface area contributed by atoms with E-state index in [0.717, 1.165) is 46.8 Å². The van der Waals surface area contributed by atoms with Gasteiger partial charge < -0.3 is 9.88 Å². The van der Waals surface area contributed by atoms with Gasteiger partial charge in [-0.3, -0.25) is 10.1 Å². The van der Waals surface area contributed by atoms with E-state index in [-0.39, 0.29) is 5.91 Å². The zero-order valence-electron chi connectivity index (χ0n) is 14.6. The summed E-state index contributed by atoms with van der Waals surface area (Å²) >= 11 is 6.72. The van der Waals surface area contributed by atoms with E-state index in [1.54, 1.807) is 11.3 Å². The standard InChI is InChI=1S/C19H18N4OS2/c1-10-7-12(8-15-17(24)22-19(25)21-15)11(2)23(10)18-14(9-20)13-5-3-4-6-16(13)26-18/h7-8H,3-6H2,1-2H3,(H2,21,22,24,25)/b15-8-. The number of thiocarbonyl (C=S) groups is 1. The number of thiophene rings is 1. The third kappa shape index (κ3) is 2.66. The predicted octanol–water partition coefficient (Wildman–Crippen LogP) is 3.25. The lowest BCUT2D eigenvalue weighted by molar-refractivity contribution is -0.115. The number of aryl methyl sites for hydroxylation is 2. The summed E-state index contributed by atoms with van der Waals surface area (Å²) in [7, 11) is 0. The minimum Gasteiger partial charge on any atom is -0.328 e. The number of carbonyl (C=O) groups is 1. The summed E-state index contributed by atoms with van der Waals surface area (Å²) in [6.45, 7) is 4.05. The molecule has 0 bridgehead atoms. The van der Waals surface area contributed by atoms with E-state index in [9.17, 15) is 10.1 Å². The minimum atomic E-state index is -0.218. The third-order valence-electron chi connectivity index (χ3n) is 4.96. The first-order chi connectivity index (χ1) is 12.5. The van der Waals surface area contributed by atoms with Gasteiger partial charge in [0.1, 0.15) is 16.8 Å². The van der Waals surface area contributed by atoms with Crippen LogP contribution in [0.3, 0.4) is 0 Å². The first kappa shape index (κ1) is 17.0. The second-order valence-electron chi connectivity index (χ2n) is 6.63. The fraction of sp³-hybridized carbons (Fsp3) is 0.316. The van der Waals surface area contributed by atoms with E-state index >= 15 is 0 Å². The van der Waals surface area contributed by atoms with Gasteiger partial charge in [0, 0.05) is 16.3 Å². The van der Waals surface area contributed by atoms with Crippen molar-refractivity contribution in [1.29, 1.82) is 5.26 Å². The number of nitrogens with one attached hydrogen (secondary N) is 2. The van der Waals surface area contributed by atoms with E-state index in [0.29, 0.717) is 10.8 Å². The number of rotatable bonds is 2. The largest absolute Gasteiger partial charge is 0.328 e. The zero-order chi connectivity index (χ0) is 18.4. The average Bonchev–Trinajstić information content (AvgIpc) is 3.21. The number of amides is 1. The van der Waals surface area contributed by atoms with Gasteiger partial charge in [0.05, 0.1) is 5.56 Å². The highest BCUT2D eigenvalue weighted by molar-refractivity contribution is 7.80. The maximum Gasteiger partial charge on any atom is 0.273 e. The van der Waals surface area contributed by atoms with E-state index in [4.69, 9.17) is 12.2 Å². The van der Waals surface area contributed by atoms with Crippen LogP contribution in [0.1, 0.15) is 45.8 Å². The van der Waals surface area contributed by atoms with Crippen molar-refractivity contribution in [1.82, 2.24) is 15.2 Å². The van der Waals surface area contributed by atoms with E-state index in [1.807, 2.05) is 26.0 Å². The molecule has 132 valence electrons. The molecule has 1 amide bonds. The lowest BCUT2D eigenvalue weighted by Crippen LogP contribution is -2.21. The Morgan fingerprint density at radius 2 is 2.08 bits per heavy atom. The molecule has 4 rings (SSSR count). The molecular weight excluding hydrogens is 364 g/mol. The molecule has 7 heteroatoms. The summed E-state index contributed by atoms with van der Waals surface area (Å²) in [5.41, 5.74) is 5.49. The number of hydrogen-bond donors (Lipinski definition) is 2. The highest BCUT2D eigenvalue weighted by Crippen LogP contribution is 2.38. The van der Waals surface area contributed by atoms with Crippen LogP contribution in [0.2, 0.25) is 0 Å². The molecule has 2 aromatic heterocycles. The monoisotopic (exact) mass is 382 g/mol. The van der Waals surface area contributed by atoms with Crippen molar-refractivity contribution in [2.75, 3.05) is 0 Å². The van der Waals surface area contributed by atoms with Crippen LogP contribution in [0.25, 0.3) is 11.1 Å². The fourth-order valence-corrected chi connectivity index (χ4v) is 5.36. The number of carbonyl (C=O) groups excluding carboxylic acids is 1. The molecule has 0 saturated carbocycles. The Bertz CT molecular complexity index is 1020. The van der Waals surface area contributed by atoms with E-state index < -0.39 is 0 Å².